The van der Waals surface area contributed by atoms with Gasteiger partial charge in [0.2, 0.25) is 6.79 Å². The Morgan fingerprint density at radius 2 is 1.81 bits per heavy atom. The molecule has 0 amide bonds. The van der Waals surface area contributed by atoms with Crippen molar-refractivity contribution in [3.05, 3.63) is 48.0 Å². The van der Waals surface area contributed by atoms with Crippen LogP contribution in [0.15, 0.2) is 47.5 Å². The third-order valence-electron chi connectivity index (χ3n) is 6.44. The van der Waals surface area contributed by atoms with E-state index in [-0.39, 0.29) is 29.4 Å². The molecule has 1 aliphatic carbocycles. The monoisotopic (exact) mass is 536 g/mol. The topological polar surface area (TPSA) is 69.6 Å². The quantitative estimate of drug-likeness (QED) is 0.356. The molecule has 8 heteroatoms. The van der Waals surface area contributed by atoms with Crippen LogP contribution >= 0.6 is 24.0 Å². The van der Waals surface area contributed by atoms with Gasteiger partial charge in [0.15, 0.2) is 17.5 Å². The van der Waals surface area contributed by atoms with Crippen LogP contribution in [-0.2, 0) is 5.41 Å². The largest absolute Gasteiger partial charge is 0.506 e. The van der Waals surface area contributed by atoms with E-state index in [2.05, 4.69) is 32.2 Å². The molecule has 2 N–H and O–H groups in total. The Kier molecular flexibility index (Phi) is 6.36. The molecule has 0 spiro atoms. The normalized spacial score (nSPS) is 19.1. The Bertz CT molecular complexity index is 956. The van der Waals surface area contributed by atoms with Crippen LogP contribution < -0.4 is 19.7 Å². The number of nitrogens with zero attached hydrogens (tertiary/aromatic N) is 3. The van der Waals surface area contributed by atoms with E-state index in [0.717, 1.165) is 68.7 Å². The number of guanidine groups is 1. The lowest BCUT2D eigenvalue weighted by Gasteiger charge is -2.38. The average molecular weight is 536 g/mol. The number of benzene rings is 2. The summed E-state index contributed by atoms with van der Waals surface area (Å²) in [5, 5.41) is 13.7. The molecular weight excluding hydrogens is 507 g/mol. The number of hydrogen-bond acceptors (Lipinski definition) is 5. The van der Waals surface area contributed by atoms with Crippen LogP contribution in [0.3, 0.4) is 0 Å². The summed E-state index contributed by atoms with van der Waals surface area (Å²) in [6, 6.07) is 13.8. The number of phenolic OH excluding ortho intramolecular Hbond substituents is 1. The van der Waals surface area contributed by atoms with Crippen LogP contribution in [0, 0.1) is 0 Å². The van der Waals surface area contributed by atoms with E-state index in [1.807, 2.05) is 31.3 Å². The number of ether oxygens (including phenoxy) is 2. The highest BCUT2D eigenvalue weighted by Gasteiger charge is 2.45. The average Bonchev–Trinajstić information content (AvgIpc) is 3.42. The third kappa shape index (κ3) is 4.35. The van der Waals surface area contributed by atoms with Crippen LogP contribution in [0.4, 0.5) is 5.69 Å². The molecule has 166 valence electrons. The number of fused-ring (bicyclic) bond motifs is 1. The third-order valence-corrected chi connectivity index (χ3v) is 6.44. The van der Waals surface area contributed by atoms with Crippen molar-refractivity contribution in [3.8, 4) is 17.2 Å². The second-order valence-electron chi connectivity index (χ2n) is 8.21. The zero-order chi connectivity index (χ0) is 20.6. The predicted molar refractivity (Wildman–Crippen MR) is 132 cm³/mol. The van der Waals surface area contributed by atoms with E-state index in [4.69, 9.17) is 9.47 Å². The summed E-state index contributed by atoms with van der Waals surface area (Å²) in [5.41, 5.74) is 2.35. The molecule has 0 unspecified atom stereocenters. The van der Waals surface area contributed by atoms with E-state index < -0.39 is 0 Å². The first-order chi connectivity index (χ1) is 14.7. The minimum atomic E-state index is 0. The van der Waals surface area contributed by atoms with Gasteiger partial charge < -0.3 is 29.7 Å². The zero-order valence-electron chi connectivity index (χ0n) is 17.7. The van der Waals surface area contributed by atoms with Crippen molar-refractivity contribution in [3.63, 3.8) is 0 Å². The maximum atomic E-state index is 10.1. The first-order valence-corrected chi connectivity index (χ1v) is 10.6. The van der Waals surface area contributed by atoms with Crippen molar-refractivity contribution in [2.45, 2.75) is 18.3 Å². The lowest BCUT2D eigenvalue weighted by Crippen LogP contribution is -2.53. The number of nitrogens with one attached hydrogen (secondary N) is 1. The molecule has 0 atom stereocenters. The molecule has 1 saturated carbocycles. The molecule has 2 fully saturated rings. The summed E-state index contributed by atoms with van der Waals surface area (Å²) in [4.78, 5) is 9.06. The number of halogens is 1. The molecule has 7 nitrogen and oxygen atoms in total. The van der Waals surface area contributed by atoms with Gasteiger partial charge in [-0.05, 0) is 42.7 Å². The minimum absolute atomic E-state index is 0. The second kappa shape index (κ2) is 9.02. The van der Waals surface area contributed by atoms with Gasteiger partial charge >= 0.3 is 0 Å². The lowest BCUT2D eigenvalue weighted by molar-refractivity contribution is 0.174. The molecule has 3 aliphatic rings. The fourth-order valence-corrected chi connectivity index (χ4v) is 4.42. The Morgan fingerprint density at radius 1 is 1.06 bits per heavy atom. The number of anilines is 1. The van der Waals surface area contributed by atoms with E-state index in [1.54, 1.807) is 6.07 Å². The SMILES string of the molecule is CN=C(NCC1(c2ccc3c(c2)OCO3)CC1)N1CCN(c2ccccc2O)CC1.I. The van der Waals surface area contributed by atoms with E-state index in [9.17, 15) is 5.11 Å². The van der Waals surface area contributed by atoms with E-state index >= 15 is 0 Å². The van der Waals surface area contributed by atoms with Crippen LogP contribution in [0.25, 0.3) is 0 Å². The van der Waals surface area contributed by atoms with Gasteiger partial charge in [-0.15, -0.1) is 24.0 Å². The van der Waals surface area contributed by atoms with Gasteiger partial charge in [-0.3, -0.25) is 4.99 Å². The van der Waals surface area contributed by atoms with Gasteiger partial charge in [0.25, 0.3) is 0 Å². The number of piperazine rings is 1. The van der Waals surface area contributed by atoms with E-state index in [0.29, 0.717) is 12.5 Å². The highest BCUT2D eigenvalue weighted by atomic mass is 127. The van der Waals surface area contributed by atoms with Gasteiger partial charge in [0.05, 0.1) is 5.69 Å². The maximum absolute atomic E-state index is 10.1. The fraction of sp³-hybridized carbons (Fsp3) is 0.435. The summed E-state index contributed by atoms with van der Waals surface area (Å²) in [5.74, 6) is 2.97. The lowest BCUT2D eigenvalue weighted by atomic mass is 9.95. The number of para-hydroxylation sites is 2. The fourth-order valence-electron chi connectivity index (χ4n) is 4.42. The van der Waals surface area contributed by atoms with Crippen LogP contribution in [-0.4, -0.2) is 62.5 Å². The molecule has 2 aliphatic heterocycles. The number of phenols is 1. The Balaban J connectivity index is 0.00000231. The second-order valence-corrected chi connectivity index (χ2v) is 8.21. The molecule has 1 saturated heterocycles. The summed E-state index contributed by atoms with van der Waals surface area (Å²) in [7, 11) is 1.85. The Hall–Kier alpha value is -2.36. The maximum Gasteiger partial charge on any atom is 0.231 e. The van der Waals surface area contributed by atoms with Crippen molar-refractivity contribution in [2.24, 2.45) is 4.99 Å². The molecule has 2 aromatic rings. The smallest absolute Gasteiger partial charge is 0.231 e. The van der Waals surface area contributed by atoms with Gasteiger partial charge in [0, 0.05) is 45.2 Å². The zero-order valence-corrected chi connectivity index (χ0v) is 20.0. The van der Waals surface area contributed by atoms with Gasteiger partial charge in [-0.2, -0.15) is 0 Å². The van der Waals surface area contributed by atoms with Crippen LogP contribution in [0.1, 0.15) is 18.4 Å². The van der Waals surface area contributed by atoms with Crippen LogP contribution in [0.5, 0.6) is 17.2 Å². The Labute approximate surface area is 200 Å². The van der Waals surface area contributed by atoms with Crippen molar-refractivity contribution < 1.29 is 14.6 Å². The highest BCUT2D eigenvalue weighted by molar-refractivity contribution is 14.0. The standard InChI is InChI=1S/C23H28N4O3.HI/c1-24-22(27-12-10-26(11-13-27)18-4-2-3-5-19(18)28)25-15-23(8-9-23)17-6-7-20-21(14-17)30-16-29-20;/h2-7,14,28H,8-13,15-16H2,1H3,(H,24,25);1H. The Morgan fingerprint density at radius 3 is 2.52 bits per heavy atom. The summed E-state index contributed by atoms with van der Waals surface area (Å²) < 4.78 is 11.0. The van der Waals surface area contributed by atoms with E-state index in [1.165, 1.54) is 5.56 Å². The van der Waals surface area contributed by atoms with Gasteiger partial charge in [-0.25, -0.2) is 0 Å². The van der Waals surface area contributed by atoms with Gasteiger partial charge in [0.1, 0.15) is 5.75 Å². The number of rotatable bonds is 4. The van der Waals surface area contributed by atoms with Crippen molar-refractivity contribution in [2.75, 3.05) is 51.5 Å². The molecular formula is C23H29IN4O3. The number of aliphatic imine (C=N–C) groups is 1. The number of hydrogen-bond donors (Lipinski definition) is 2. The minimum Gasteiger partial charge on any atom is -0.506 e. The van der Waals surface area contributed by atoms with Crippen molar-refractivity contribution >= 4 is 35.6 Å². The van der Waals surface area contributed by atoms with Gasteiger partial charge in [-0.1, -0.05) is 18.2 Å². The summed E-state index contributed by atoms with van der Waals surface area (Å²) >= 11 is 0. The molecule has 5 rings (SSSR count). The first kappa shape index (κ1) is 21.9. The molecule has 0 aromatic heterocycles. The molecule has 0 bridgehead atoms. The molecule has 0 radical (unpaired) electrons. The summed E-state index contributed by atoms with van der Waals surface area (Å²) in [6.45, 7) is 4.61. The molecule has 2 aromatic carbocycles. The predicted octanol–water partition coefficient (Wildman–Crippen LogP) is 3.17. The van der Waals surface area contributed by atoms with Crippen LogP contribution in [0.2, 0.25) is 0 Å². The molecule has 2 heterocycles. The number of aromatic hydroxyl groups is 1. The van der Waals surface area contributed by atoms with Crippen molar-refractivity contribution in [1.82, 2.24) is 10.2 Å². The highest BCUT2D eigenvalue weighted by Crippen LogP contribution is 2.50. The summed E-state index contributed by atoms with van der Waals surface area (Å²) in [6.07, 6.45) is 2.33. The van der Waals surface area contributed by atoms with Crippen molar-refractivity contribution in [1.29, 1.82) is 0 Å². The first-order valence-electron chi connectivity index (χ1n) is 10.6. The molecule has 31 heavy (non-hydrogen) atoms.